The summed E-state index contributed by atoms with van der Waals surface area (Å²) < 4.78 is 0. The number of para-hydroxylation sites is 1. The summed E-state index contributed by atoms with van der Waals surface area (Å²) in [7, 11) is 0. The van der Waals surface area contributed by atoms with Crippen LogP contribution >= 0.6 is 0 Å². The number of hydrogen-bond acceptors (Lipinski definition) is 2. The predicted octanol–water partition coefficient (Wildman–Crippen LogP) is 5.34. The van der Waals surface area contributed by atoms with E-state index in [0.717, 1.165) is 5.56 Å². The molecule has 2 heteroatoms. The lowest BCUT2D eigenvalue weighted by Gasteiger charge is -2.31. The van der Waals surface area contributed by atoms with Gasteiger partial charge in [0.25, 0.3) is 0 Å². The average Bonchev–Trinajstić information content (AvgIpc) is 2.75. The summed E-state index contributed by atoms with van der Waals surface area (Å²) in [5.41, 5.74) is 2.01. The number of benzene rings is 4. The van der Waals surface area contributed by atoms with E-state index in [2.05, 4.69) is 0 Å². The van der Waals surface area contributed by atoms with Crippen LogP contribution in [-0.4, -0.2) is 10.2 Å². The molecule has 0 radical (unpaired) electrons. The minimum atomic E-state index is -1.46. The number of aromatic hydroxyl groups is 1. The van der Waals surface area contributed by atoms with Crippen molar-refractivity contribution >= 4 is 0 Å². The van der Waals surface area contributed by atoms with Gasteiger partial charge in [-0.3, -0.25) is 0 Å². The molecule has 0 fully saturated rings. The Hall–Kier alpha value is -3.36. The van der Waals surface area contributed by atoms with Crippen molar-refractivity contribution < 1.29 is 10.2 Å². The summed E-state index contributed by atoms with van der Waals surface area (Å²) in [4.78, 5) is 0. The van der Waals surface area contributed by atoms with E-state index < -0.39 is 5.60 Å². The van der Waals surface area contributed by atoms with Crippen LogP contribution in [0.2, 0.25) is 0 Å². The molecular weight excluding hydrogens is 332 g/mol. The van der Waals surface area contributed by atoms with Gasteiger partial charge in [-0.05, 0) is 16.7 Å². The molecule has 4 rings (SSSR count). The fraction of sp³-hybridized carbons (Fsp3) is 0.0400. The molecule has 0 saturated carbocycles. The second-order valence-electron chi connectivity index (χ2n) is 6.51. The summed E-state index contributed by atoms with van der Waals surface area (Å²) in [6.07, 6.45) is 0. The highest BCUT2D eigenvalue weighted by atomic mass is 16.3. The zero-order valence-corrected chi connectivity index (χ0v) is 14.8. The van der Waals surface area contributed by atoms with Crippen molar-refractivity contribution in [3.8, 4) is 16.9 Å². The van der Waals surface area contributed by atoms with E-state index in [4.69, 9.17) is 0 Å². The van der Waals surface area contributed by atoms with Crippen LogP contribution in [0.3, 0.4) is 0 Å². The predicted molar refractivity (Wildman–Crippen MR) is 109 cm³/mol. The van der Waals surface area contributed by atoms with E-state index in [1.54, 1.807) is 6.07 Å². The summed E-state index contributed by atoms with van der Waals surface area (Å²) in [5, 5.41) is 23.1. The maximum Gasteiger partial charge on any atom is 0.144 e. The van der Waals surface area contributed by atoms with Crippen LogP contribution < -0.4 is 0 Å². The molecule has 0 unspecified atom stereocenters. The summed E-state index contributed by atoms with van der Waals surface area (Å²) in [6, 6.07) is 34.1. The number of aliphatic hydroxyl groups is 1. The van der Waals surface area contributed by atoms with E-state index in [1.165, 1.54) is 0 Å². The van der Waals surface area contributed by atoms with Crippen molar-refractivity contribution in [2.45, 2.75) is 5.60 Å². The Morgan fingerprint density at radius 2 is 1.00 bits per heavy atom. The lowest BCUT2D eigenvalue weighted by atomic mass is 9.79. The minimum absolute atomic E-state index is 0.0823. The Kier molecular flexibility index (Phi) is 4.49. The molecule has 0 bridgehead atoms. The molecule has 0 spiro atoms. The van der Waals surface area contributed by atoms with Crippen LogP contribution in [0.4, 0.5) is 0 Å². The van der Waals surface area contributed by atoms with Crippen LogP contribution in [0.25, 0.3) is 11.1 Å². The lowest BCUT2D eigenvalue weighted by Crippen LogP contribution is -2.29. The maximum absolute atomic E-state index is 11.9. The Labute approximate surface area is 159 Å². The van der Waals surface area contributed by atoms with Gasteiger partial charge in [0, 0.05) is 11.1 Å². The van der Waals surface area contributed by atoms with Crippen molar-refractivity contribution in [2.24, 2.45) is 0 Å². The highest BCUT2D eigenvalue weighted by molar-refractivity contribution is 5.73. The van der Waals surface area contributed by atoms with Gasteiger partial charge in [0.15, 0.2) is 0 Å². The zero-order chi connectivity index (χ0) is 18.7. The largest absolute Gasteiger partial charge is 0.507 e. The van der Waals surface area contributed by atoms with Gasteiger partial charge in [-0.25, -0.2) is 0 Å². The van der Waals surface area contributed by atoms with Crippen LogP contribution in [0.1, 0.15) is 16.7 Å². The zero-order valence-electron chi connectivity index (χ0n) is 14.8. The van der Waals surface area contributed by atoms with Crippen LogP contribution in [-0.2, 0) is 5.60 Å². The molecule has 4 aromatic rings. The second kappa shape index (κ2) is 7.10. The molecule has 0 aromatic heterocycles. The molecule has 0 heterocycles. The van der Waals surface area contributed by atoms with Gasteiger partial charge >= 0.3 is 0 Å². The third-order valence-electron chi connectivity index (χ3n) is 4.89. The van der Waals surface area contributed by atoms with Gasteiger partial charge in [0.2, 0.25) is 0 Å². The Balaban J connectivity index is 1.98. The van der Waals surface area contributed by atoms with Crippen LogP contribution in [0, 0.1) is 0 Å². The summed E-state index contributed by atoms with van der Waals surface area (Å²) in [6.45, 7) is 0. The quantitative estimate of drug-likeness (QED) is 0.487. The van der Waals surface area contributed by atoms with Crippen molar-refractivity contribution in [1.82, 2.24) is 0 Å². The van der Waals surface area contributed by atoms with Gasteiger partial charge in [-0.2, -0.15) is 0 Å². The van der Waals surface area contributed by atoms with E-state index in [1.807, 2.05) is 103 Å². The fourth-order valence-electron chi connectivity index (χ4n) is 3.52. The summed E-state index contributed by atoms with van der Waals surface area (Å²) in [5.74, 6) is 0.0823. The smallest absolute Gasteiger partial charge is 0.144 e. The van der Waals surface area contributed by atoms with Crippen LogP contribution in [0.15, 0.2) is 109 Å². The number of phenols is 1. The first-order chi connectivity index (χ1) is 13.2. The fourth-order valence-corrected chi connectivity index (χ4v) is 3.52. The summed E-state index contributed by atoms with van der Waals surface area (Å²) >= 11 is 0. The van der Waals surface area contributed by atoms with Crippen molar-refractivity contribution in [3.63, 3.8) is 0 Å². The Morgan fingerprint density at radius 1 is 0.519 bits per heavy atom. The first-order valence-corrected chi connectivity index (χ1v) is 8.92. The van der Waals surface area contributed by atoms with Crippen LogP contribution in [0.5, 0.6) is 5.75 Å². The maximum atomic E-state index is 11.9. The lowest BCUT2D eigenvalue weighted by molar-refractivity contribution is 0.122. The standard InChI is InChI=1S/C25H20O2/c26-24-22(19-11-4-1-5-12-19)17-10-18-23(24)25(27,20-13-6-2-7-14-20)21-15-8-3-9-16-21/h1-18,26-27H. The Morgan fingerprint density at radius 3 is 1.52 bits per heavy atom. The molecule has 0 aliphatic rings. The number of hydrogen-bond donors (Lipinski definition) is 2. The molecule has 0 saturated heterocycles. The molecule has 0 aliphatic heterocycles. The molecule has 2 nitrogen and oxygen atoms in total. The average molecular weight is 352 g/mol. The number of rotatable bonds is 4. The first kappa shape index (κ1) is 17.1. The highest BCUT2D eigenvalue weighted by Gasteiger charge is 2.36. The van der Waals surface area contributed by atoms with E-state index in [-0.39, 0.29) is 5.75 Å². The van der Waals surface area contributed by atoms with Gasteiger partial charge < -0.3 is 10.2 Å². The highest BCUT2D eigenvalue weighted by Crippen LogP contribution is 2.44. The van der Waals surface area contributed by atoms with Crippen molar-refractivity contribution in [3.05, 3.63) is 126 Å². The van der Waals surface area contributed by atoms with E-state index >= 15 is 0 Å². The molecule has 0 atom stereocenters. The van der Waals surface area contributed by atoms with Crippen molar-refractivity contribution in [2.75, 3.05) is 0 Å². The Bertz CT molecular complexity index is 986. The molecular formula is C25H20O2. The molecule has 4 aromatic carbocycles. The second-order valence-corrected chi connectivity index (χ2v) is 6.51. The number of phenolic OH excluding ortho intramolecular Hbond substituents is 1. The minimum Gasteiger partial charge on any atom is -0.507 e. The SMILES string of the molecule is Oc1c(-c2ccccc2)cccc1C(O)(c1ccccc1)c1ccccc1. The van der Waals surface area contributed by atoms with Gasteiger partial charge in [0.05, 0.1) is 0 Å². The normalized spacial score (nSPS) is 11.3. The third-order valence-corrected chi connectivity index (χ3v) is 4.89. The third kappa shape index (κ3) is 3.01. The monoisotopic (exact) mass is 352 g/mol. The molecule has 0 amide bonds. The molecule has 0 aliphatic carbocycles. The topological polar surface area (TPSA) is 40.5 Å². The van der Waals surface area contributed by atoms with E-state index in [0.29, 0.717) is 22.3 Å². The molecule has 132 valence electrons. The first-order valence-electron chi connectivity index (χ1n) is 8.92. The molecule has 2 N–H and O–H groups in total. The van der Waals surface area contributed by atoms with E-state index in [9.17, 15) is 10.2 Å². The van der Waals surface area contributed by atoms with Gasteiger partial charge in [-0.15, -0.1) is 0 Å². The molecule has 27 heavy (non-hydrogen) atoms. The van der Waals surface area contributed by atoms with Gasteiger partial charge in [0.1, 0.15) is 11.4 Å². The van der Waals surface area contributed by atoms with Crippen molar-refractivity contribution in [1.29, 1.82) is 0 Å². The van der Waals surface area contributed by atoms with Gasteiger partial charge in [-0.1, -0.05) is 109 Å².